The Morgan fingerprint density at radius 2 is 0.746 bits per heavy atom. The van der Waals surface area contributed by atoms with Gasteiger partial charge < -0.3 is 0 Å². The molecule has 0 spiro atoms. The highest BCUT2D eigenvalue weighted by Gasteiger charge is 2.19. The molecule has 2 heterocycles. The van der Waals surface area contributed by atoms with Crippen LogP contribution in [0.1, 0.15) is 0 Å². The molecule has 4 heteroatoms. The van der Waals surface area contributed by atoms with Crippen molar-refractivity contribution in [2.75, 3.05) is 0 Å². The van der Waals surface area contributed by atoms with E-state index < -0.39 is 0 Å². The molecule has 0 saturated carbocycles. The fourth-order valence-corrected chi connectivity index (χ4v) is 9.30. The van der Waals surface area contributed by atoms with Crippen LogP contribution in [0, 0.1) is 0 Å². The minimum atomic E-state index is 0.848. The van der Waals surface area contributed by atoms with E-state index in [9.17, 15) is 0 Å². The molecule has 12 rings (SSSR count). The van der Waals surface area contributed by atoms with Gasteiger partial charge in [-0.3, -0.25) is 4.98 Å². The highest BCUT2D eigenvalue weighted by molar-refractivity contribution is 6.23. The zero-order chi connectivity index (χ0) is 38.9. The first-order valence-corrected chi connectivity index (χ1v) is 20.0. The Kier molecular flexibility index (Phi) is 7.50. The molecule has 0 aliphatic rings. The maximum Gasteiger partial charge on any atom is 0.114 e. The molecular formula is C55H34N4. The predicted octanol–water partition coefficient (Wildman–Crippen LogP) is 14.2. The minimum absolute atomic E-state index is 0.848. The standard InChI is InChI=1S/C55H34N4/c1-2-13-37-32-38(24-23-35(37)12-1)53-44-17-5-7-19-46(44)54(47-20-8-6-18-45(47)53)39-27-30-50-51(33-39)58-59(57-50)41-28-25-36(26-29-41)52-42-15-3-9-21-48(42)55(40-14-11-31-56-34-40)49-22-10-4-16-43(49)52/h1-34H. The Bertz CT molecular complexity index is 3490. The molecule has 0 saturated heterocycles. The lowest BCUT2D eigenvalue weighted by molar-refractivity contribution is 0.766. The number of hydrogen-bond donors (Lipinski definition) is 0. The lowest BCUT2D eigenvalue weighted by atomic mass is 9.85. The lowest BCUT2D eigenvalue weighted by Crippen LogP contribution is -1.98. The van der Waals surface area contributed by atoms with Crippen molar-refractivity contribution in [3.8, 4) is 50.2 Å². The minimum Gasteiger partial charge on any atom is -0.264 e. The molecular weight excluding hydrogens is 717 g/mol. The van der Waals surface area contributed by atoms with E-state index in [-0.39, 0.29) is 0 Å². The van der Waals surface area contributed by atoms with E-state index in [2.05, 4.69) is 193 Å². The maximum absolute atomic E-state index is 5.07. The highest BCUT2D eigenvalue weighted by Crippen LogP contribution is 2.46. The van der Waals surface area contributed by atoms with Crippen LogP contribution < -0.4 is 0 Å². The molecule has 0 fully saturated rings. The highest BCUT2D eigenvalue weighted by atomic mass is 15.5. The van der Waals surface area contributed by atoms with Gasteiger partial charge in [0.25, 0.3) is 0 Å². The molecule has 0 atom stereocenters. The van der Waals surface area contributed by atoms with Gasteiger partial charge in [0.15, 0.2) is 0 Å². The molecule has 10 aromatic carbocycles. The number of benzene rings is 10. The van der Waals surface area contributed by atoms with E-state index in [0.717, 1.165) is 33.4 Å². The van der Waals surface area contributed by atoms with Gasteiger partial charge in [-0.25, -0.2) is 0 Å². The zero-order valence-electron chi connectivity index (χ0n) is 31.9. The van der Waals surface area contributed by atoms with E-state index in [0.29, 0.717) is 0 Å². The Morgan fingerprint density at radius 1 is 0.305 bits per heavy atom. The average Bonchev–Trinajstić information content (AvgIpc) is 3.74. The largest absolute Gasteiger partial charge is 0.264 e. The van der Waals surface area contributed by atoms with Crippen molar-refractivity contribution < 1.29 is 0 Å². The van der Waals surface area contributed by atoms with Crippen LogP contribution in [0.3, 0.4) is 0 Å². The van der Waals surface area contributed by atoms with Gasteiger partial charge in [0.2, 0.25) is 0 Å². The van der Waals surface area contributed by atoms with Crippen LogP contribution in [0.5, 0.6) is 0 Å². The number of pyridine rings is 1. The zero-order valence-corrected chi connectivity index (χ0v) is 31.9. The third-order valence-electron chi connectivity index (χ3n) is 11.9. The summed E-state index contributed by atoms with van der Waals surface area (Å²) in [6.07, 6.45) is 3.79. The Morgan fingerprint density at radius 3 is 1.29 bits per heavy atom. The van der Waals surface area contributed by atoms with Gasteiger partial charge in [-0.1, -0.05) is 158 Å². The quantitative estimate of drug-likeness (QED) is 0.165. The summed E-state index contributed by atoms with van der Waals surface area (Å²) in [7, 11) is 0. The third kappa shape index (κ3) is 5.34. The molecule has 12 aromatic rings. The van der Waals surface area contributed by atoms with E-state index in [4.69, 9.17) is 10.2 Å². The van der Waals surface area contributed by atoms with Crippen molar-refractivity contribution in [2.45, 2.75) is 0 Å². The number of aromatic nitrogens is 4. The van der Waals surface area contributed by atoms with E-state index in [1.54, 1.807) is 4.80 Å². The van der Waals surface area contributed by atoms with Crippen LogP contribution >= 0.6 is 0 Å². The number of hydrogen-bond acceptors (Lipinski definition) is 3. The van der Waals surface area contributed by atoms with Gasteiger partial charge in [0, 0.05) is 18.0 Å². The molecule has 0 bridgehead atoms. The summed E-state index contributed by atoms with van der Waals surface area (Å²) in [5, 5.41) is 22.2. The van der Waals surface area contributed by atoms with Gasteiger partial charge in [0.1, 0.15) is 11.0 Å². The monoisotopic (exact) mass is 750 g/mol. The summed E-state index contributed by atoms with van der Waals surface area (Å²) in [4.78, 5) is 6.22. The van der Waals surface area contributed by atoms with Crippen molar-refractivity contribution in [1.82, 2.24) is 20.0 Å². The van der Waals surface area contributed by atoms with Crippen molar-refractivity contribution >= 4 is 64.9 Å². The van der Waals surface area contributed by atoms with Crippen LogP contribution in [-0.2, 0) is 0 Å². The molecule has 0 radical (unpaired) electrons. The van der Waals surface area contributed by atoms with Gasteiger partial charge in [-0.15, -0.1) is 10.2 Å². The smallest absolute Gasteiger partial charge is 0.114 e. The van der Waals surface area contributed by atoms with Crippen LogP contribution in [0.15, 0.2) is 207 Å². The first kappa shape index (κ1) is 33.2. The van der Waals surface area contributed by atoms with Crippen LogP contribution in [0.4, 0.5) is 0 Å². The summed E-state index contributed by atoms with van der Waals surface area (Å²) < 4.78 is 0. The van der Waals surface area contributed by atoms with E-state index in [1.165, 1.54) is 81.7 Å². The summed E-state index contributed by atoms with van der Waals surface area (Å²) in [6, 6.07) is 69.7. The second kappa shape index (κ2) is 13.3. The second-order valence-corrected chi connectivity index (χ2v) is 15.2. The molecule has 4 nitrogen and oxygen atoms in total. The van der Waals surface area contributed by atoms with Crippen LogP contribution in [0.2, 0.25) is 0 Å². The Labute approximate surface area is 340 Å². The molecule has 0 aliphatic heterocycles. The van der Waals surface area contributed by atoms with Crippen LogP contribution in [-0.4, -0.2) is 20.0 Å². The summed E-state index contributed by atoms with van der Waals surface area (Å²) in [6.45, 7) is 0. The van der Waals surface area contributed by atoms with Gasteiger partial charge in [0.05, 0.1) is 5.69 Å². The maximum atomic E-state index is 5.07. The van der Waals surface area contributed by atoms with Gasteiger partial charge in [-0.2, -0.15) is 4.80 Å². The van der Waals surface area contributed by atoms with E-state index >= 15 is 0 Å². The Balaban J connectivity index is 0.964. The topological polar surface area (TPSA) is 43.6 Å². The van der Waals surface area contributed by atoms with Crippen molar-refractivity contribution in [3.63, 3.8) is 0 Å². The first-order chi connectivity index (χ1) is 29.3. The first-order valence-electron chi connectivity index (χ1n) is 20.0. The van der Waals surface area contributed by atoms with Crippen LogP contribution in [0.25, 0.3) is 115 Å². The molecule has 0 unspecified atom stereocenters. The number of nitrogens with zero attached hydrogens (tertiary/aromatic N) is 4. The Hall–Kier alpha value is -7.95. The van der Waals surface area contributed by atoms with Gasteiger partial charge >= 0.3 is 0 Å². The second-order valence-electron chi connectivity index (χ2n) is 15.2. The average molecular weight is 751 g/mol. The molecule has 274 valence electrons. The normalized spacial score (nSPS) is 11.7. The fourth-order valence-electron chi connectivity index (χ4n) is 9.30. The SMILES string of the molecule is c1cncc(-c2c3ccccc3c(-c3ccc(-n4nc5ccc(-c6c7ccccc7c(-c7ccc8ccccc8c7)c7ccccc67)cc5n4)cc3)c3ccccc23)c1. The van der Waals surface area contributed by atoms with Gasteiger partial charge in [-0.05, 0) is 129 Å². The van der Waals surface area contributed by atoms with E-state index in [1.807, 2.05) is 18.5 Å². The fraction of sp³-hybridized carbons (Fsp3) is 0. The van der Waals surface area contributed by atoms with Crippen molar-refractivity contribution in [2.24, 2.45) is 0 Å². The lowest BCUT2D eigenvalue weighted by Gasteiger charge is -2.18. The molecule has 59 heavy (non-hydrogen) atoms. The number of fused-ring (bicyclic) bond motifs is 6. The summed E-state index contributed by atoms with van der Waals surface area (Å²) in [5.74, 6) is 0. The molecule has 2 aromatic heterocycles. The molecule has 0 N–H and O–H groups in total. The summed E-state index contributed by atoms with van der Waals surface area (Å²) >= 11 is 0. The third-order valence-corrected chi connectivity index (χ3v) is 11.9. The molecule has 0 amide bonds. The molecule has 0 aliphatic carbocycles. The summed E-state index contributed by atoms with van der Waals surface area (Å²) in [5.41, 5.74) is 12.1. The number of rotatable bonds is 5. The van der Waals surface area contributed by atoms with Crippen molar-refractivity contribution in [1.29, 1.82) is 0 Å². The predicted molar refractivity (Wildman–Crippen MR) is 246 cm³/mol. The van der Waals surface area contributed by atoms with Crippen molar-refractivity contribution in [3.05, 3.63) is 207 Å².